The Bertz CT molecular complexity index is 370. The summed E-state index contributed by atoms with van der Waals surface area (Å²) < 4.78 is 1.96. The number of fused-ring (bicyclic) bond motifs is 1. The molecule has 2 aromatic rings. The summed E-state index contributed by atoms with van der Waals surface area (Å²) in [5.74, 6) is 0.550. The van der Waals surface area contributed by atoms with Crippen LogP contribution in [0.3, 0.4) is 0 Å². The molecule has 0 unspecified atom stereocenters. The van der Waals surface area contributed by atoms with Crippen LogP contribution in [0.15, 0.2) is 30.9 Å². The van der Waals surface area contributed by atoms with Crippen LogP contribution in [0.5, 0.6) is 0 Å². The van der Waals surface area contributed by atoms with Crippen LogP contribution in [-0.4, -0.2) is 9.38 Å². The van der Waals surface area contributed by atoms with Gasteiger partial charge in [0.05, 0.1) is 18.0 Å². The average Bonchev–Trinajstić information content (AvgIpc) is 2.50. The molecule has 0 spiro atoms. The van der Waals surface area contributed by atoms with Gasteiger partial charge >= 0.3 is 0 Å². The predicted octanol–water partition coefficient (Wildman–Crippen LogP) is 2.49. The largest absolute Gasteiger partial charge is 0.306 e. The van der Waals surface area contributed by atoms with Crippen molar-refractivity contribution in [2.75, 3.05) is 0 Å². The minimum Gasteiger partial charge on any atom is -0.306 e. The second-order valence-electron chi connectivity index (χ2n) is 2.40. The van der Waals surface area contributed by atoms with Crippen molar-refractivity contribution in [1.82, 2.24) is 9.38 Å². The van der Waals surface area contributed by atoms with Crippen molar-refractivity contribution in [1.29, 1.82) is 0 Å². The van der Waals surface area contributed by atoms with Gasteiger partial charge in [0.1, 0.15) is 0 Å². The lowest BCUT2D eigenvalue weighted by atomic mass is 10.3. The highest BCUT2D eigenvalue weighted by molar-refractivity contribution is 6.17. The first-order chi connectivity index (χ1) is 5.40. The fourth-order valence-corrected chi connectivity index (χ4v) is 1.20. The zero-order valence-corrected chi connectivity index (χ0v) is 7.85. The van der Waals surface area contributed by atoms with E-state index in [9.17, 15) is 0 Å². The molecule has 64 valence electrons. The first-order valence-electron chi connectivity index (χ1n) is 3.37. The molecule has 0 N–H and O–H groups in total. The third-order valence-corrected chi connectivity index (χ3v) is 1.93. The molecular formula is C8H8Cl2N2. The molecule has 0 atom stereocenters. The summed E-state index contributed by atoms with van der Waals surface area (Å²) in [6.07, 6.45) is 5.57. The molecule has 0 saturated carbocycles. The van der Waals surface area contributed by atoms with Crippen molar-refractivity contribution in [2.45, 2.75) is 5.88 Å². The Balaban J connectivity index is 0.000000720. The van der Waals surface area contributed by atoms with E-state index in [4.69, 9.17) is 11.6 Å². The standard InChI is InChI=1S/C8H7ClN2.ClH/c9-3-7-1-2-8-4-10-6-11(8)5-7;/h1-2,4-6H,3H2;1H. The summed E-state index contributed by atoms with van der Waals surface area (Å²) in [5, 5.41) is 0. The quantitative estimate of drug-likeness (QED) is 0.651. The van der Waals surface area contributed by atoms with Crippen molar-refractivity contribution in [3.05, 3.63) is 36.4 Å². The van der Waals surface area contributed by atoms with Crippen LogP contribution in [-0.2, 0) is 5.88 Å². The molecule has 2 rings (SSSR count). The average molecular weight is 203 g/mol. The number of aromatic nitrogens is 2. The molecule has 2 aromatic heterocycles. The zero-order valence-electron chi connectivity index (χ0n) is 6.27. The van der Waals surface area contributed by atoms with Gasteiger partial charge in [0, 0.05) is 12.1 Å². The fourth-order valence-electron chi connectivity index (χ4n) is 1.04. The molecule has 0 fully saturated rings. The van der Waals surface area contributed by atoms with Gasteiger partial charge in [-0.1, -0.05) is 6.07 Å². The Morgan fingerprint density at radius 1 is 1.42 bits per heavy atom. The topological polar surface area (TPSA) is 17.3 Å². The fraction of sp³-hybridized carbons (Fsp3) is 0.125. The molecule has 0 saturated heterocycles. The number of halogens is 2. The van der Waals surface area contributed by atoms with E-state index in [2.05, 4.69) is 4.98 Å². The van der Waals surface area contributed by atoms with Gasteiger partial charge in [-0.05, 0) is 11.6 Å². The van der Waals surface area contributed by atoms with E-state index in [1.807, 2.05) is 28.9 Å². The van der Waals surface area contributed by atoms with E-state index in [1.165, 1.54) is 0 Å². The van der Waals surface area contributed by atoms with Crippen molar-refractivity contribution in [2.24, 2.45) is 0 Å². The van der Waals surface area contributed by atoms with Gasteiger partial charge in [-0.25, -0.2) is 4.98 Å². The number of imidazole rings is 1. The number of nitrogens with zero attached hydrogens (tertiary/aromatic N) is 2. The van der Waals surface area contributed by atoms with E-state index in [0.29, 0.717) is 5.88 Å². The first kappa shape index (κ1) is 9.36. The summed E-state index contributed by atoms with van der Waals surface area (Å²) in [7, 11) is 0. The number of hydrogen-bond acceptors (Lipinski definition) is 1. The Hall–Kier alpha value is -0.730. The van der Waals surface area contributed by atoms with Crippen LogP contribution in [0, 0.1) is 0 Å². The Labute approximate surface area is 81.6 Å². The van der Waals surface area contributed by atoms with Gasteiger partial charge < -0.3 is 4.40 Å². The predicted molar refractivity (Wildman–Crippen MR) is 52.0 cm³/mol. The summed E-state index contributed by atoms with van der Waals surface area (Å²) in [4.78, 5) is 4.00. The Morgan fingerprint density at radius 3 is 3.00 bits per heavy atom. The summed E-state index contributed by atoms with van der Waals surface area (Å²) in [6, 6.07) is 4.01. The second-order valence-corrected chi connectivity index (χ2v) is 2.66. The smallest absolute Gasteiger partial charge is 0.0992 e. The number of pyridine rings is 1. The number of rotatable bonds is 1. The van der Waals surface area contributed by atoms with Gasteiger partial charge in [0.15, 0.2) is 0 Å². The highest BCUT2D eigenvalue weighted by Crippen LogP contribution is 2.07. The molecule has 12 heavy (non-hydrogen) atoms. The maximum absolute atomic E-state index is 5.66. The lowest BCUT2D eigenvalue weighted by Crippen LogP contribution is -1.84. The van der Waals surface area contributed by atoms with E-state index in [1.54, 1.807) is 6.33 Å². The maximum Gasteiger partial charge on any atom is 0.0992 e. The molecule has 0 radical (unpaired) electrons. The first-order valence-corrected chi connectivity index (χ1v) is 3.90. The van der Waals surface area contributed by atoms with E-state index in [0.717, 1.165) is 11.1 Å². The van der Waals surface area contributed by atoms with E-state index in [-0.39, 0.29) is 12.4 Å². The second kappa shape index (κ2) is 3.78. The van der Waals surface area contributed by atoms with Crippen LogP contribution >= 0.6 is 24.0 Å². The highest BCUT2D eigenvalue weighted by atomic mass is 35.5. The third-order valence-electron chi connectivity index (χ3n) is 1.62. The van der Waals surface area contributed by atoms with Crippen LogP contribution < -0.4 is 0 Å². The van der Waals surface area contributed by atoms with Crippen molar-refractivity contribution in [3.8, 4) is 0 Å². The Morgan fingerprint density at radius 2 is 2.25 bits per heavy atom. The van der Waals surface area contributed by atoms with Gasteiger partial charge in [0.25, 0.3) is 0 Å². The summed E-state index contributed by atoms with van der Waals surface area (Å²) >= 11 is 5.66. The van der Waals surface area contributed by atoms with E-state index < -0.39 is 0 Å². The van der Waals surface area contributed by atoms with Gasteiger partial charge in [0.2, 0.25) is 0 Å². The van der Waals surface area contributed by atoms with Gasteiger partial charge in [-0.3, -0.25) is 0 Å². The van der Waals surface area contributed by atoms with Crippen molar-refractivity contribution in [3.63, 3.8) is 0 Å². The molecule has 0 bridgehead atoms. The van der Waals surface area contributed by atoms with Gasteiger partial charge in [-0.15, -0.1) is 24.0 Å². The van der Waals surface area contributed by atoms with Crippen LogP contribution in [0.2, 0.25) is 0 Å². The minimum absolute atomic E-state index is 0. The SMILES string of the molecule is Cl.ClCc1ccc2cncn2c1. The maximum atomic E-state index is 5.66. The van der Waals surface area contributed by atoms with Crippen molar-refractivity contribution < 1.29 is 0 Å². The zero-order chi connectivity index (χ0) is 7.68. The van der Waals surface area contributed by atoms with Crippen LogP contribution in [0.1, 0.15) is 5.56 Å². The molecule has 0 aliphatic heterocycles. The van der Waals surface area contributed by atoms with Crippen LogP contribution in [0.4, 0.5) is 0 Å². The molecule has 0 aliphatic rings. The molecule has 2 heterocycles. The normalized spacial score (nSPS) is 9.75. The lowest BCUT2D eigenvalue weighted by Gasteiger charge is -1.95. The molecule has 2 nitrogen and oxygen atoms in total. The lowest BCUT2D eigenvalue weighted by molar-refractivity contribution is 1.12. The van der Waals surface area contributed by atoms with Gasteiger partial charge in [-0.2, -0.15) is 0 Å². The molecule has 0 aromatic carbocycles. The number of hydrogen-bond donors (Lipinski definition) is 0. The van der Waals surface area contributed by atoms with E-state index >= 15 is 0 Å². The Kier molecular flexibility index (Phi) is 2.95. The monoisotopic (exact) mass is 202 g/mol. The molecule has 0 amide bonds. The van der Waals surface area contributed by atoms with Crippen LogP contribution in [0.25, 0.3) is 5.52 Å². The minimum atomic E-state index is 0. The molecule has 4 heteroatoms. The molecule has 0 aliphatic carbocycles. The third kappa shape index (κ3) is 1.54. The molecular weight excluding hydrogens is 195 g/mol. The summed E-state index contributed by atoms with van der Waals surface area (Å²) in [6.45, 7) is 0. The van der Waals surface area contributed by atoms with Crippen molar-refractivity contribution >= 4 is 29.5 Å². The highest BCUT2D eigenvalue weighted by Gasteiger charge is 1.93. The summed E-state index contributed by atoms with van der Waals surface area (Å²) in [5.41, 5.74) is 2.20. The number of alkyl halides is 1.